The molecule has 0 bridgehead atoms. The van der Waals surface area contributed by atoms with E-state index in [0.717, 1.165) is 43.9 Å². The van der Waals surface area contributed by atoms with Gasteiger partial charge < -0.3 is 4.90 Å². The van der Waals surface area contributed by atoms with Gasteiger partial charge in [0.1, 0.15) is 6.04 Å². The molecule has 0 aliphatic carbocycles. The molecule has 0 spiro atoms. The van der Waals surface area contributed by atoms with E-state index in [-0.39, 0.29) is 17.9 Å². The third-order valence-electron chi connectivity index (χ3n) is 4.26. The lowest BCUT2D eigenvalue weighted by molar-refractivity contribution is -0.137. The first-order valence-electron chi connectivity index (χ1n) is 7.67. The van der Waals surface area contributed by atoms with Crippen molar-refractivity contribution in [2.75, 3.05) is 26.2 Å². The summed E-state index contributed by atoms with van der Waals surface area (Å²) in [4.78, 5) is 17.6. The third-order valence-corrected chi connectivity index (χ3v) is 5.19. The molecule has 1 amide bonds. The highest BCUT2D eigenvalue weighted by molar-refractivity contribution is 7.10. The first kappa shape index (κ1) is 16.0. The Bertz CT molecular complexity index is 482. The van der Waals surface area contributed by atoms with Gasteiger partial charge in [-0.1, -0.05) is 19.9 Å². The number of hydrogen-bond donors (Lipinski definition) is 0. The minimum atomic E-state index is -0.171. The van der Waals surface area contributed by atoms with Crippen LogP contribution < -0.4 is 0 Å². The summed E-state index contributed by atoms with van der Waals surface area (Å²) in [7, 11) is 0. The second kappa shape index (κ2) is 7.58. The van der Waals surface area contributed by atoms with Gasteiger partial charge in [0.25, 0.3) is 0 Å². The van der Waals surface area contributed by atoms with Crippen molar-refractivity contribution in [2.24, 2.45) is 5.92 Å². The molecule has 0 N–H and O–H groups in total. The van der Waals surface area contributed by atoms with Crippen LogP contribution in [0.4, 0.5) is 0 Å². The van der Waals surface area contributed by atoms with E-state index in [1.807, 2.05) is 22.4 Å². The molecule has 1 aromatic heterocycles. The lowest BCUT2D eigenvalue weighted by atomic mass is 10.0. The first-order valence-corrected chi connectivity index (χ1v) is 8.55. The van der Waals surface area contributed by atoms with Crippen molar-refractivity contribution in [1.29, 1.82) is 5.26 Å². The van der Waals surface area contributed by atoms with Crippen LogP contribution in [0, 0.1) is 17.2 Å². The van der Waals surface area contributed by atoms with Crippen LogP contribution in [0.5, 0.6) is 0 Å². The standard InChI is InChI=1S/C16H23N3OS/c1-3-13(4-2)16(20)19-9-7-18(8-10-19)14(12-17)15-6-5-11-21-15/h5-6,11,13-14H,3-4,7-10H2,1-2H3. The second-order valence-corrected chi connectivity index (χ2v) is 6.40. The van der Waals surface area contributed by atoms with Crippen LogP contribution in [0.2, 0.25) is 0 Å². The maximum Gasteiger partial charge on any atom is 0.225 e. The Balaban J connectivity index is 1.94. The number of nitriles is 1. The van der Waals surface area contributed by atoms with Gasteiger partial charge in [0.05, 0.1) is 6.07 Å². The fraction of sp³-hybridized carbons (Fsp3) is 0.625. The summed E-state index contributed by atoms with van der Waals surface area (Å²) in [5.74, 6) is 0.435. The second-order valence-electron chi connectivity index (χ2n) is 5.42. The predicted molar refractivity (Wildman–Crippen MR) is 84.9 cm³/mol. The van der Waals surface area contributed by atoms with Crippen LogP contribution >= 0.6 is 11.3 Å². The van der Waals surface area contributed by atoms with Crippen molar-refractivity contribution in [3.63, 3.8) is 0 Å². The summed E-state index contributed by atoms with van der Waals surface area (Å²) < 4.78 is 0. The van der Waals surface area contributed by atoms with E-state index in [0.29, 0.717) is 0 Å². The van der Waals surface area contributed by atoms with E-state index >= 15 is 0 Å². The Morgan fingerprint density at radius 3 is 2.48 bits per heavy atom. The fourth-order valence-electron chi connectivity index (χ4n) is 2.87. The van der Waals surface area contributed by atoms with Gasteiger partial charge in [-0.05, 0) is 24.3 Å². The number of amides is 1. The van der Waals surface area contributed by atoms with Crippen molar-refractivity contribution < 1.29 is 4.79 Å². The average Bonchev–Trinajstić information content (AvgIpc) is 3.04. The number of rotatable bonds is 5. The van der Waals surface area contributed by atoms with Crippen LogP contribution in [0.3, 0.4) is 0 Å². The van der Waals surface area contributed by atoms with Gasteiger partial charge in [-0.15, -0.1) is 11.3 Å². The molecule has 1 aliphatic heterocycles. The normalized spacial score (nSPS) is 17.7. The molecule has 1 atom stereocenters. The lowest BCUT2D eigenvalue weighted by Gasteiger charge is -2.37. The van der Waals surface area contributed by atoms with E-state index in [1.165, 1.54) is 0 Å². The molecule has 1 aromatic rings. The molecule has 114 valence electrons. The molecule has 2 heterocycles. The Labute approximate surface area is 131 Å². The number of hydrogen-bond acceptors (Lipinski definition) is 4. The molecular weight excluding hydrogens is 282 g/mol. The van der Waals surface area contributed by atoms with E-state index in [9.17, 15) is 10.1 Å². The summed E-state index contributed by atoms with van der Waals surface area (Å²) >= 11 is 1.62. The van der Waals surface area contributed by atoms with Crippen LogP contribution in [0.1, 0.15) is 37.6 Å². The highest BCUT2D eigenvalue weighted by atomic mass is 32.1. The fourth-order valence-corrected chi connectivity index (χ4v) is 3.67. The maximum atomic E-state index is 12.4. The number of thiophene rings is 1. The molecule has 0 radical (unpaired) electrons. The number of piperazine rings is 1. The van der Waals surface area contributed by atoms with Gasteiger partial charge in [-0.3, -0.25) is 9.69 Å². The smallest absolute Gasteiger partial charge is 0.225 e. The monoisotopic (exact) mass is 305 g/mol. The van der Waals surface area contributed by atoms with Gasteiger partial charge in [0.15, 0.2) is 0 Å². The Kier molecular flexibility index (Phi) is 5.77. The molecule has 1 saturated heterocycles. The van der Waals surface area contributed by atoms with E-state index < -0.39 is 0 Å². The number of nitrogens with zero attached hydrogens (tertiary/aromatic N) is 3. The largest absolute Gasteiger partial charge is 0.340 e. The lowest BCUT2D eigenvalue weighted by Crippen LogP contribution is -2.50. The van der Waals surface area contributed by atoms with Crippen molar-refractivity contribution in [3.8, 4) is 6.07 Å². The molecule has 0 saturated carbocycles. The van der Waals surface area contributed by atoms with Crippen molar-refractivity contribution >= 4 is 17.2 Å². The van der Waals surface area contributed by atoms with Crippen molar-refractivity contribution in [1.82, 2.24) is 9.80 Å². The van der Waals surface area contributed by atoms with E-state index in [2.05, 4.69) is 24.8 Å². The third kappa shape index (κ3) is 3.63. The quantitative estimate of drug-likeness (QED) is 0.840. The van der Waals surface area contributed by atoms with Gasteiger partial charge in [-0.25, -0.2) is 0 Å². The highest BCUT2D eigenvalue weighted by Gasteiger charge is 2.29. The number of carbonyl (C=O) groups excluding carboxylic acids is 1. The van der Waals surface area contributed by atoms with Gasteiger partial charge in [0, 0.05) is 37.0 Å². The first-order chi connectivity index (χ1) is 10.2. The topological polar surface area (TPSA) is 47.3 Å². The molecule has 2 rings (SSSR count). The molecule has 4 nitrogen and oxygen atoms in total. The van der Waals surface area contributed by atoms with Crippen LogP contribution in [0.15, 0.2) is 17.5 Å². The summed E-state index contributed by atoms with van der Waals surface area (Å²) in [6, 6.07) is 6.22. The molecule has 5 heteroatoms. The predicted octanol–water partition coefficient (Wildman–Crippen LogP) is 2.89. The zero-order chi connectivity index (χ0) is 15.2. The minimum Gasteiger partial charge on any atom is -0.340 e. The maximum absolute atomic E-state index is 12.4. The molecule has 21 heavy (non-hydrogen) atoms. The Morgan fingerprint density at radius 1 is 1.33 bits per heavy atom. The summed E-state index contributed by atoms with van der Waals surface area (Å²) in [6.07, 6.45) is 1.82. The van der Waals surface area contributed by atoms with Gasteiger partial charge in [0.2, 0.25) is 5.91 Å². The number of carbonyl (C=O) groups is 1. The Morgan fingerprint density at radius 2 is 2.00 bits per heavy atom. The zero-order valence-corrected chi connectivity index (χ0v) is 13.6. The zero-order valence-electron chi connectivity index (χ0n) is 12.8. The summed E-state index contributed by atoms with van der Waals surface area (Å²) in [5.41, 5.74) is 0. The van der Waals surface area contributed by atoms with Gasteiger partial charge >= 0.3 is 0 Å². The van der Waals surface area contributed by atoms with Crippen molar-refractivity contribution in [2.45, 2.75) is 32.7 Å². The highest BCUT2D eigenvalue weighted by Crippen LogP contribution is 2.26. The minimum absolute atomic E-state index is 0.153. The van der Waals surface area contributed by atoms with Crippen LogP contribution in [-0.4, -0.2) is 41.9 Å². The van der Waals surface area contributed by atoms with E-state index in [4.69, 9.17) is 0 Å². The van der Waals surface area contributed by atoms with E-state index in [1.54, 1.807) is 11.3 Å². The summed E-state index contributed by atoms with van der Waals surface area (Å²) in [6.45, 7) is 7.18. The molecule has 1 fully saturated rings. The van der Waals surface area contributed by atoms with Crippen LogP contribution in [-0.2, 0) is 4.79 Å². The summed E-state index contributed by atoms with van der Waals surface area (Å²) in [5, 5.41) is 11.4. The van der Waals surface area contributed by atoms with Crippen molar-refractivity contribution in [3.05, 3.63) is 22.4 Å². The SMILES string of the molecule is CCC(CC)C(=O)N1CCN(C(C#N)c2cccs2)CC1. The van der Waals surface area contributed by atoms with Crippen LogP contribution in [0.25, 0.3) is 0 Å². The van der Waals surface area contributed by atoms with Gasteiger partial charge in [-0.2, -0.15) is 5.26 Å². The molecular formula is C16H23N3OS. The Hall–Kier alpha value is -1.38. The molecule has 1 aliphatic rings. The average molecular weight is 305 g/mol. The molecule has 1 unspecified atom stereocenters. The molecule has 0 aromatic carbocycles.